The fourth-order valence-electron chi connectivity index (χ4n) is 1.69. The van der Waals surface area contributed by atoms with Gasteiger partial charge < -0.3 is 10.0 Å². The molecule has 1 amide bonds. The molecule has 1 aromatic carbocycles. The zero-order chi connectivity index (χ0) is 11.7. The molecule has 5 heteroatoms. The molecule has 1 aromatic rings. The highest BCUT2D eigenvalue weighted by atomic mass is 79.9. The van der Waals surface area contributed by atoms with Gasteiger partial charge in [0.1, 0.15) is 5.82 Å². The van der Waals surface area contributed by atoms with Crippen molar-refractivity contribution in [2.24, 2.45) is 5.92 Å². The topological polar surface area (TPSA) is 40.5 Å². The van der Waals surface area contributed by atoms with Crippen LogP contribution in [-0.4, -0.2) is 35.6 Å². The van der Waals surface area contributed by atoms with Crippen molar-refractivity contribution in [3.63, 3.8) is 0 Å². The van der Waals surface area contributed by atoms with Gasteiger partial charge in [-0.3, -0.25) is 4.79 Å². The van der Waals surface area contributed by atoms with Crippen LogP contribution >= 0.6 is 15.9 Å². The van der Waals surface area contributed by atoms with Gasteiger partial charge in [-0.2, -0.15) is 0 Å². The Balaban J connectivity index is 2.13. The Hall–Kier alpha value is -0.940. The van der Waals surface area contributed by atoms with Crippen molar-refractivity contribution in [2.45, 2.75) is 0 Å². The first kappa shape index (κ1) is 11.5. The summed E-state index contributed by atoms with van der Waals surface area (Å²) in [5, 5.41) is 8.84. The Bertz CT molecular complexity index is 418. The molecular formula is C11H11BrFNO2. The van der Waals surface area contributed by atoms with E-state index in [9.17, 15) is 9.18 Å². The van der Waals surface area contributed by atoms with Gasteiger partial charge in [0.05, 0.1) is 10.0 Å². The molecule has 0 unspecified atom stereocenters. The molecule has 1 saturated heterocycles. The van der Waals surface area contributed by atoms with Crippen molar-refractivity contribution in [2.75, 3.05) is 19.7 Å². The number of nitrogens with zero attached hydrogens (tertiary/aromatic N) is 1. The minimum absolute atomic E-state index is 0.0742. The maximum absolute atomic E-state index is 13.6. The quantitative estimate of drug-likeness (QED) is 0.899. The predicted octanol–water partition coefficient (Wildman–Crippen LogP) is 1.65. The van der Waals surface area contributed by atoms with Gasteiger partial charge in [0.25, 0.3) is 5.91 Å². The molecule has 0 spiro atoms. The fraction of sp³-hybridized carbons (Fsp3) is 0.364. The smallest absolute Gasteiger partial charge is 0.256 e. The molecule has 86 valence electrons. The second-order valence-electron chi connectivity index (χ2n) is 3.86. The third-order valence-electron chi connectivity index (χ3n) is 2.68. The van der Waals surface area contributed by atoms with E-state index in [1.54, 1.807) is 12.1 Å². The monoisotopic (exact) mass is 287 g/mol. The highest BCUT2D eigenvalue weighted by molar-refractivity contribution is 9.10. The lowest BCUT2D eigenvalue weighted by Crippen LogP contribution is -2.51. The molecule has 16 heavy (non-hydrogen) atoms. The summed E-state index contributed by atoms with van der Waals surface area (Å²) in [5.41, 5.74) is 0.0748. The summed E-state index contributed by atoms with van der Waals surface area (Å²) < 4.78 is 13.9. The average molecular weight is 288 g/mol. The van der Waals surface area contributed by atoms with Gasteiger partial charge in [-0.1, -0.05) is 6.07 Å². The number of halogens is 2. The van der Waals surface area contributed by atoms with Gasteiger partial charge in [-0.15, -0.1) is 0 Å². The Labute approximate surface area is 101 Å². The summed E-state index contributed by atoms with van der Waals surface area (Å²) >= 11 is 3.04. The fourth-order valence-corrected chi connectivity index (χ4v) is 2.06. The minimum Gasteiger partial charge on any atom is -0.396 e. The lowest BCUT2D eigenvalue weighted by molar-refractivity contribution is 0.0358. The van der Waals surface area contributed by atoms with Crippen LogP contribution in [0.25, 0.3) is 0 Å². The standard InChI is InChI=1S/C11H11BrFNO2/c12-9-3-1-2-8(10(9)13)11(16)14-4-7(5-14)6-15/h1-3,7,15H,4-6H2. The number of rotatable bonds is 2. The highest BCUT2D eigenvalue weighted by Crippen LogP contribution is 2.23. The second-order valence-corrected chi connectivity index (χ2v) is 4.71. The second kappa shape index (κ2) is 4.51. The molecule has 0 saturated carbocycles. The van der Waals surface area contributed by atoms with E-state index < -0.39 is 5.82 Å². The van der Waals surface area contributed by atoms with Crippen LogP contribution in [0, 0.1) is 11.7 Å². The van der Waals surface area contributed by atoms with E-state index in [0.29, 0.717) is 13.1 Å². The van der Waals surface area contributed by atoms with Crippen molar-refractivity contribution < 1.29 is 14.3 Å². The van der Waals surface area contributed by atoms with Crippen LogP contribution in [0.4, 0.5) is 4.39 Å². The number of aliphatic hydroxyl groups excluding tert-OH is 1. The van der Waals surface area contributed by atoms with Crippen LogP contribution in [0.5, 0.6) is 0 Å². The molecule has 1 heterocycles. The molecule has 2 rings (SSSR count). The van der Waals surface area contributed by atoms with E-state index in [2.05, 4.69) is 15.9 Å². The normalized spacial score (nSPS) is 16.1. The van der Waals surface area contributed by atoms with Crippen molar-refractivity contribution in [1.82, 2.24) is 4.90 Å². The molecule has 0 bridgehead atoms. The Morgan fingerprint density at radius 2 is 2.25 bits per heavy atom. The Kier molecular flexibility index (Phi) is 3.25. The molecule has 1 aliphatic heterocycles. The number of amides is 1. The van der Waals surface area contributed by atoms with Crippen LogP contribution in [0.15, 0.2) is 22.7 Å². The van der Waals surface area contributed by atoms with E-state index in [1.807, 2.05) is 0 Å². The average Bonchev–Trinajstić information content (AvgIpc) is 2.20. The largest absolute Gasteiger partial charge is 0.396 e. The molecule has 1 fully saturated rings. The van der Waals surface area contributed by atoms with Gasteiger partial charge in [0, 0.05) is 25.6 Å². The molecule has 0 aromatic heterocycles. The van der Waals surface area contributed by atoms with Crippen LogP contribution in [0.3, 0.4) is 0 Å². The third kappa shape index (κ3) is 1.97. The van der Waals surface area contributed by atoms with Crippen molar-refractivity contribution in [3.05, 3.63) is 34.1 Å². The SMILES string of the molecule is O=C(c1cccc(Br)c1F)N1CC(CO)C1. The lowest BCUT2D eigenvalue weighted by atomic mass is 10.00. The van der Waals surface area contributed by atoms with Crippen LogP contribution < -0.4 is 0 Å². The van der Waals surface area contributed by atoms with E-state index >= 15 is 0 Å². The van der Waals surface area contributed by atoms with Gasteiger partial charge in [0.15, 0.2) is 0 Å². The van der Waals surface area contributed by atoms with Gasteiger partial charge in [-0.25, -0.2) is 4.39 Å². The Morgan fingerprint density at radius 3 is 2.88 bits per heavy atom. The first-order chi connectivity index (χ1) is 7.63. The number of aliphatic hydroxyl groups is 1. The number of hydrogen-bond donors (Lipinski definition) is 1. The van der Waals surface area contributed by atoms with Crippen LogP contribution in [0.2, 0.25) is 0 Å². The van der Waals surface area contributed by atoms with Crippen molar-refractivity contribution in [1.29, 1.82) is 0 Å². The lowest BCUT2D eigenvalue weighted by Gasteiger charge is -2.38. The maximum Gasteiger partial charge on any atom is 0.256 e. The molecule has 1 aliphatic rings. The summed E-state index contributed by atoms with van der Waals surface area (Å²) in [6.45, 7) is 1.08. The maximum atomic E-state index is 13.6. The number of carbonyl (C=O) groups excluding carboxylic acids is 1. The number of carbonyl (C=O) groups is 1. The zero-order valence-corrected chi connectivity index (χ0v) is 10.1. The van der Waals surface area contributed by atoms with Crippen LogP contribution in [-0.2, 0) is 0 Å². The number of likely N-dealkylation sites (tertiary alicyclic amines) is 1. The Morgan fingerprint density at radius 1 is 1.56 bits per heavy atom. The summed E-state index contributed by atoms with van der Waals surface area (Å²) in [7, 11) is 0. The first-order valence-electron chi connectivity index (χ1n) is 4.97. The summed E-state index contributed by atoms with van der Waals surface area (Å²) in [5.74, 6) is -0.706. The van der Waals surface area contributed by atoms with Gasteiger partial charge in [-0.05, 0) is 28.1 Å². The van der Waals surface area contributed by atoms with E-state index in [4.69, 9.17) is 5.11 Å². The number of hydrogen-bond acceptors (Lipinski definition) is 2. The van der Waals surface area contributed by atoms with Crippen molar-refractivity contribution >= 4 is 21.8 Å². The first-order valence-corrected chi connectivity index (χ1v) is 5.77. The summed E-state index contributed by atoms with van der Waals surface area (Å²) in [6.07, 6.45) is 0. The van der Waals surface area contributed by atoms with E-state index in [1.165, 1.54) is 11.0 Å². The van der Waals surface area contributed by atoms with Gasteiger partial charge >= 0.3 is 0 Å². The molecule has 3 nitrogen and oxygen atoms in total. The molecule has 0 aliphatic carbocycles. The zero-order valence-electron chi connectivity index (χ0n) is 8.49. The van der Waals surface area contributed by atoms with Crippen LogP contribution in [0.1, 0.15) is 10.4 Å². The van der Waals surface area contributed by atoms with Crippen molar-refractivity contribution in [3.8, 4) is 0 Å². The molecule has 0 radical (unpaired) electrons. The minimum atomic E-state index is -0.528. The van der Waals surface area contributed by atoms with E-state index in [-0.39, 0.29) is 28.5 Å². The van der Waals surface area contributed by atoms with E-state index in [0.717, 1.165) is 0 Å². The summed E-state index contributed by atoms with van der Waals surface area (Å²) in [4.78, 5) is 13.4. The molecular weight excluding hydrogens is 277 g/mol. The predicted molar refractivity (Wildman–Crippen MR) is 60.6 cm³/mol. The third-order valence-corrected chi connectivity index (χ3v) is 3.30. The summed E-state index contributed by atoms with van der Waals surface area (Å²) in [6, 6.07) is 4.65. The van der Waals surface area contributed by atoms with Gasteiger partial charge in [0.2, 0.25) is 0 Å². The number of benzene rings is 1. The highest BCUT2D eigenvalue weighted by Gasteiger charge is 2.31. The molecule has 0 atom stereocenters. The molecule has 1 N–H and O–H groups in total.